The minimum absolute atomic E-state index is 0.0962. The van der Waals surface area contributed by atoms with Gasteiger partial charge in [-0.15, -0.1) is 0 Å². The number of aliphatic imine (C=N–C) groups is 1. The first-order valence-corrected chi connectivity index (χ1v) is 8.19. The highest BCUT2D eigenvalue weighted by Gasteiger charge is 2.34. The maximum absolute atomic E-state index is 5.34. The number of thioether (sulfide) groups is 1. The predicted octanol–water partition coefficient (Wildman–Crippen LogP) is 2.29. The summed E-state index contributed by atoms with van der Waals surface area (Å²) in [5.41, 5.74) is 0.501. The summed E-state index contributed by atoms with van der Waals surface area (Å²) in [7, 11) is 3.42. The Kier molecular flexibility index (Phi) is 5.98. The fourth-order valence-electron chi connectivity index (χ4n) is 2.86. The zero-order valence-electron chi connectivity index (χ0n) is 12.1. The Morgan fingerprint density at radius 2 is 2.11 bits per heavy atom. The molecule has 0 aromatic heterocycles. The molecule has 1 atom stereocenters. The Hall–Kier alpha value is -0.260. The van der Waals surface area contributed by atoms with Crippen LogP contribution in [0.3, 0.4) is 0 Å². The first-order valence-electron chi connectivity index (χ1n) is 7.21. The number of hydrogen-bond donors (Lipinski definition) is 1. The summed E-state index contributed by atoms with van der Waals surface area (Å²) in [6, 6.07) is 0. The van der Waals surface area contributed by atoms with E-state index in [1.165, 1.54) is 37.9 Å². The van der Waals surface area contributed by atoms with Crippen LogP contribution in [0.5, 0.6) is 0 Å². The molecule has 1 aliphatic heterocycles. The van der Waals surface area contributed by atoms with Gasteiger partial charge in [-0.05, 0) is 18.3 Å². The fraction of sp³-hybridized carbons (Fsp3) is 0.929. The van der Waals surface area contributed by atoms with Crippen molar-refractivity contribution in [3.8, 4) is 0 Å². The van der Waals surface area contributed by atoms with Gasteiger partial charge in [-0.2, -0.15) is 0 Å². The second-order valence-electron chi connectivity index (χ2n) is 5.66. The van der Waals surface area contributed by atoms with E-state index in [9.17, 15) is 0 Å². The highest BCUT2D eigenvalue weighted by atomic mass is 32.2. The monoisotopic (exact) mass is 286 g/mol. The molecule has 0 aromatic rings. The van der Waals surface area contributed by atoms with Crippen LogP contribution in [0.2, 0.25) is 0 Å². The number of ether oxygens (including phenoxy) is 2. The Balaban J connectivity index is 1.77. The lowest BCUT2D eigenvalue weighted by Gasteiger charge is -2.38. The second-order valence-corrected chi connectivity index (χ2v) is 6.63. The van der Waals surface area contributed by atoms with Crippen LogP contribution >= 0.6 is 11.8 Å². The van der Waals surface area contributed by atoms with Crippen LogP contribution in [0.4, 0.5) is 0 Å². The summed E-state index contributed by atoms with van der Waals surface area (Å²) >= 11 is 1.88. The van der Waals surface area contributed by atoms with Crippen molar-refractivity contribution in [2.24, 2.45) is 10.4 Å². The second kappa shape index (κ2) is 7.50. The third kappa shape index (κ3) is 4.36. The maximum atomic E-state index is 5.34. The van der Waals surface area contributed by atoms with E-state index in [2.05, 4.69) is 5.32 Å². The van der Waals surface area contributed by atoms with Gasteiger partial charge in [0.15, 0.2) is 5.17 Å². The van der Waals surface area contributed by atoms with Gasteiger partial charge in [-0.25, -0.2) is 0 Å². The van der Waals surface area contributed by atoms with Crippen LogP contribution in [-0.2, 0) is 9.47 Å². The first-order chi connectivity index (χ1) is 9.28. The molecule has 5 heteroatoms. The summed E-state index contributed by atoms with van der Waals surface area (Å²) in [4.78, 5) is 4.74. The molecule has 0 bridgehead atoms. The average Bonchev–Trinajstić information content (AvgIpc) is 2.46. The highest BCUT2D eigenvalue weighted by Crippen LogP contribution is 2.41. The van der Waals surface area contributed by atoms with Gasteiger partial charge in [0.2, 0.25) is 0 Å². The number of amidine groups is 1. The Morgan fingerprint density at radius 3 is 2.68 bits per heavy atom. The molecule has 2 aliphatic rings. The van der Waals surface area contributed by atoms with Gasteiger partial charge in [0, 0.05) is 33.1 Å². The molecule has 0 saturated heterocycles. The van der Waals surface area contributed by atoms with Crippen molar-refractivity contribution in [3.63, 3.8) is 0 Å². The molecule has 1 saturated carbocycles. The van der Waals surface area contributed by atoms with Crippen molar-refractivity contribution < 1.29 is 9.47 Å². The van der Waals surface area contributed by atoms with Crippen LogP contribution in [0, 0.1) is 5.41 Å². The maximum Gasteiger partial charge on any atom is 0.156 e. The van der Waals surface area contributed by atoms with E-state index in [0.717, 1.165) is 18.3 Å². The average molecular weight is 286 g/mol. The molecule has 1 fully saturated rings. The van der Waals surface area contributed by atoms with Crippen LogP contribution < -0.4 is 5.32 Å². The van der Waals surface area contributed by atoms with Crippen molar-refractivity contribution in [1.29, 1.82) is 0 Å². The van der Waals surface area contributed by atoms with Crippen molar-refractivity contribution in [1.82, 2.24) is 5.32 Å². The van der Waals surface area contributed by atoms with E-state index in [4.69, 9.17) is 14.5 Å². The number of nitrogens with zero attached hydrogens (tertiary/aromatic N) is 1. The third-order valence-corrected chi connectivity index (χ3v) is 5.46. The van der Waals surface area contributed by atoms with Gasteiger partial charge in [0.05, 0.1) is 12.7 Å². The lowest BCUT2D eigenvalue weighted by molar-refractivity contribution is 0.0316. The van der Waals surface area contributed by atoms with E-state index in [1.807, 2.05) is 11.8 Å². The minimum Gasteiger partial charge on any atom is -0.382 e. The standard InChI is InChI=1S/C14H26N2O2S/c1-17-9-12(18-2)8-15-13-16-10-14(11-19-13)6-4-3-5-7-14/h12H,3-11H2,1-2H3,(H,15,16). The summed E-state index contributed by atoms with van der Waals surface area (Å²) < 4.78 is 10.5. The molecular weight excluding hydrogens is 260 g/mol. The molecule has 1 heterocycles. The van der Waals surface area contributed by atoms with E-state index < -0.39 is 0 Å². The Labute approximate surface area is 120 Å². The van der Waals surface area contributed by atoms with Crippen molar-refractivity contribution in [2.75, 3.05) is 39.7 Å². The topological polar surface area (TPSA) is 42.8 Å². The molecule has 0 amide bonds. The van der Waals surface area contributed by atoms with Crippen LogP contribution in [0.1, 0.15) is 32.1 Å². The largest absolute Gasteiger partial charge is 0.382 e. The number of rotatable bonds is 5. The van der Waals surface area contributed by atoms with E-state index in [-0.39, 0.29) is 6.10 Å². The highest BCUT2D eigenvalue weighted by molar-refractivity contribution is 8.13. The fourth-order valence-corrected chi connectivity index (χ4v) is 4.02. The molecule has 2 rings (SSSR count). The zero-order chi connectivity index (χ0) is 13.6. The van der Waals surface area contributed by atoms with Crippen LogP contribution in [0.15, 0.2) is 4.99 Å². The molecule has 110 valence electrons. The molecule has 1 unspecified atom stereocenters. The smallest absolute Gasteiger partial charge is 0.156 e. The predicted molar refractivity (Wildman–Crippen MR) is 81.0 cm³/mol. The molecule has 4 nitrogen and oxygen atoms in total. The third-order valence-electron chi connectivity index (χ3n) is 4.15. The Morgan fingerprint density at radius 1 is 1.32 bits per heavy atom. The molecule has 0 aromatic carbocycles. The van der Waals surface area contributed by atoms with Crippen molar-refractivity contribution in [2.45, 2.75) is 38.2 Å². The molecule has 1 N–H and O–H groups in total. The van der Waals surface area contributed by atoms with E-state index in [0.29, 0.717) is 12.0 Å². The SMILES string of the molecule is COCC(CNC1=NCC2(CCCCC2)CS1)OC. The molecule has 1 spiro atoms. The van der Waals surface area contributed by atoms with E-state index >= 15 is 0 Å². The lowest BCUT2D eigenvalue weighted by atomic mass is 9.75. The lowest BCUT2D eigenvalue weighted by Crippen LogP contribution is -2.40. The van der Waals surface area contributed by atoms with Gasteiger partial charge < -0.3 is 14.8 Å². The normalized spacial score (nSPS) is 24.0. The van der Waals surface area contributed by atoms with E-state index in [1.54, 1.807) is 14.2 Å². The van der Waals surface area contributed by atoms with Gasteiger partial charge in [0.1, 0.15) is 0 Å². The van der Waals surface area contributed by atoms with Gasteiger partial charge in [-0.1, -0.05) is 31.0 Å². The number of hydrogen-bond acceptors (Lipinski definition) is 5. The minimum atomic E-state index is 0.0962. The zero-order valence-corrected chi connectivity index (χ0v) is 12.9. The molecular formula is C14H26N2O2S. The summed E-state index contributed by atoms with van der Waals surface area (Å²) in [6.07, 6.45) is 7.01. The van der Waals surface area contributed by atoms with Gasteiger partial charge >= 0.3 is 0 Å². The molecule has 1 aliphatic carbocycles. The number of nitrogens with one attached hydrogen (secondary N) is 1. The summed E-state index contributed by atoms with van der Waals surface area (Å²) in [5, 5.41) is 4.47. The molecule has 19 heavy (non-hydrogen) atoms. The van der Waals surface area contributed by atoms with Gasteiger partial charge in [0.25, 0.3) is 0 Å². The summed E-state index contributed by atoms with van der Waals surface area (Å²) in [5.74, 6) is 1.22. The Bertz CT molecular complexity index is 304. The van der Waals surface area contributed by atoms with Crippen molar-refractivity contribution >= 4 is 16.9 Å². The first kappa shape index (κ1) is 15.1. The van der Waals surface area contributed by atoms with Crippen molar-refractivity contribution in [3.05, 3.63) is 0 Å². The quantitative estimate of drug-likeness (QED) is 0.842. The van der Waals surface area contributed by atoms with Gasteiger partial charge in [-0.3, -0.25) is 4.99 Å². The summed E-state index contributed by atoms with van der Waals surface area (Å²) in [6.45, 7) is 2.39. The van der Waals surface area contributed by atoms with Crippen LogP contribution in [-0.4, -0.2) is 50.9 Å². The molecule has 0 radical (unpaired) electrons. The number of methoxy groups -OCH3 is 2. The van der Waals surface area contributed by atoms with Crippen LogP contribution in [0.25, 0.3) is 0 Å².